The Labute approximate surface area is 181 Å². The summed E-state index contributed by atoms with van der Waals surface area (Å²) in [5, 5.41) is 3.21. The van der Waals surface area contributed by atoms with Crippen molar-refractivity contribution in [3.8, 4) is 0 Å². The minimum atomic E-state index is -0.773. The number of carbonyl (C=O) groups excluding carboxylic acids is 1. The molecule has 1 aliphatic rings. The number of benzene rings is 2. The Morgan fingerprint density at radius 3 is 2.10 bits per heavy atom. The molecule has 2 aromatic rings. The highest BCUT2D eigenvalue weighted by atomic mass is 16.1. The van der Waals surface area contributed by atoms with E-state index in [4.69, 9.17) is 5.73 Å². The summed E-state index contributed by atoms with van der Waals surface area (Å²) in [4.78, 5) is 15.6. The van der Waals surface area contributed by atoms with Gasteiger partial charge in [0.25, 0.3) is 0 Å². The van der Waals surface area contributed by atoms with E-state index in [-0.39, 0.29) is 11.8 Å². The monoisotopic (exact) mass is 407 g/mol. The number of unbranched alkanes of at least 4 members (excludes halogenated alkanes) is 4. The molecule has 0 radical (unpaired) electrons. The molecule has 1 fully saturated rings. The number of hydrogen-bond acceptors (Lipinski definition) is 3. The predicted octanol–water partition coefficient (Wildman–Crippen LogP) is 3.95. The zero-order valence-electron chi connectivity index (χ0n) is 18.4. The van der Waals surface area contributed by atoms with Crippen LogP contribution >= 0.6 is 0 Å². The smallest absolute Gasteiger partial charge is 0.232 e. The molecule has 0 spiro atoms. The molecular formula is C26H37N3O. The number of rotatable bonds is 12. The molecule has 3 rings (SSSR count). The van der Waals surface area contributed by atoms with Crippen LogP contribution in [0.2, 0.25) is 0 Å². The molecule has 3 N–H and O–H groups in total. The van der Waals surface area contributed by atoms with Crippen molar-refractivity contribution in [3.63, 3.8) is 0 Å². The molecule has 0 aromatic heterocycles. The van der Waals surface area contributed by atoms with Crippen LogP contribution in [0.5, 0.6) is 0 Å². The lowest BCUT2D eigenvalue weighted by Crippen LogP contribution is -2.49. The molecule has 0 saturated carbocycles. The summed E-state index contributed by atoms with van der Waals surface area (Å²) in [7, 11) is 2.01. The van der Waals surface area contributed by atoms with E-state index >= 15 is 0 Å². The Balaban J connectivity index is 1.71. The largest absolute Gasteiger partial charge is 0.369 e. The number of likely N-dealkylation sites (tertiary alicyclic amines) is 1. The fraction of sp³-hybridized carbons (Fsp3) is 0.500. The Morgan fingerprint density at radius 1 is 0.967 bits per heavy atom. The van der Waals surface area contributed by atoms with Gasteiger partial charge < -0.3 is 16.0 Å². The number of nitrogens with zero attached hydrogens (tertiary/aromatic N) is 1. The SMILES string of the molecule is CNCCCCCCCN1CC[C@H](C(C(N)=O)(c2ccccc2)c2ccccc2)C1. The third-order valence-electron chi connectivity index (χ3n) is 6.63. The van der Waals surface area contributed by atoms with Gasteiger partial charge in [0, 0.05) is 6.54 Å². The number of nitrogens with two attached hydrogens (primary N) is 1. The first kappa shape index (κ1) is 22.5. The van der Waals surface area contributed by atoms with Crippen LogP contribution < -0.4 is 11.1 Å². The van der Waals surface area contributed by atoms with Crippen LogP contribution in [0.15, 0.2) is 60.7 Å². The van der Waals surface area contributed by atoms with Crippen molar-refractivity contribution in [2.24, 2.45) is 11.7 Å². The number of amides is 1. The molecule has 1 heterocycles. The summed E-state index contributed by atoms with van der Waals surface area (Å²) in [6, 6.07) is 20.3. The molecule has 4 heteroatoms. The highest BCUT2D eigenvalue weighted by molar-refractivity contribution is 5.91. The summed E-state index contributed by atoms with van der Waals surface area (Å²) in [5.74, 6) is -0.0493. The molecular weight excluding hydrogens is 370 g/mol. The van der Waals surface area contributed by atoms with Crippen LogP contribution in [0.1, 0.15) is 49.7 Å². The lowest BCUT2D eigenvalue weighted by atomic mass is 9.64. The first-order valence-corrected chi connectivity index (χ1v) is 11.5. The van der Waals surface area contributed by atoms with E-state index in [1.807, 2.05) is 43.4 Å². The molecule has 0 aliphatic carbocycles. The summed E-state index contributed by atoms with van der Waals surface area (Å²) >= 11 is 0. The number of hydrogen-bond donors (Lipinski definition) is 2. The highest BCUT2D eigenvalue weighted by Crippen LogP contribution is 2.43. The predicted molar refractivity (Wildman–Crippen MR) is 124 cm³/mol. The average molecular weight is 408 g/mol. The van der Waals surface area contributed by atoms with Gasteiger partial charge in [0.1, 0.15) is 5.41 Å². The fourth-order valence-corrected chi connectivity index (χ4v) is 5.08. The molecule has 2 aromatic carbocycles. The Bertz CT molecular complexity index is 723. The van der Waals surface area contributed by atoms with Gasteiger partial charge >= 0.3 is 0 Å². The van der Waals surface area contributed by atoms with E-state index in [9.17, 15) is 4.79 Å². The maximum absolute atomic E-state index is 13.1. The van der Waals surface area contributed by atoms with E-state index in [2.05, 4.69) is 34.5 Å². The minimum Gasteiger partial charge on any atom is -0.369 e. The molecule has 30 heavy (non-hydrogen) atoms. The van der Waals surface area contributed by atoms with E-state index in [0.29, 0.717) is 0 Å². The Hall–Kier alpha value is -2.17. The first-order valence-electron chi connectivity index (χ1n) is 11.5. The van der Waals surface area contributed by atoms with Gasteiger partial charge in [0.2, 0.25) is 5.91 Å². The summed E-state index contributed by atoms with van der Waals surface area (Å²) < 4.78 is 0. The summed E-state index contributed by atoms with van der Waals surface area (Å²) in [6.07, 6.45) is 7.37. The van der Waals surface area contributed by atoms with Crippen LogP contribution in [0.4, 0.5) is 0 Å². The molecule has 0 unspecified atom stereocenters. The van der Waals surface area contributed by atoms with E-state index in [1.54, 1.807) is 0 Å². The molecule has 1 atom stereocenters. The second kappa shape index (κ2) is 11.3. The number of nitrogens with one attached hydrogen (secondary N) is 1. The van der Waals surface area contributed by atoms with Crippen molar-refractivity contribution < 1.29 is 4.79 Å². The van der Waals surface area contributed by atoms with Crippen LogP contribution in [0.25, 0.3) is 0 Å². The standard InChI is InChI=1S/C26H37N3O/c1-28-18-11-3-2-4-12-19-29-20-17-24(21-29)26(25(27)30,22-13-7-5-8-14-22)23-15-9-6-10-16-23/h5-10,13-16,24,28H,2-4,11-12,17-21H2,1H3,(H2,27,30)/t24-/m0/s1. The molecule has 1 aliphatic heterocycles. The van der Waals surface area contributed by atoms with Gasteiger partial charge in [-0.1, -0.05) is 79.9 Å². The van der Waals surface area contributed by atoms with Gasteiger partial charge in [-0.2, -0.15) is 0 Å². The lowest BCUT2D eigenvalue weighted by molar-refractivity contribution is -0.123. The van der Waals surface area contributed by atoms with Crippen LogP contribution in [0, 0.1) is 5.92 Å². The van der Waals surface area contributed by atoms with Gasteiger partial charge in [-0.3, -0.25) is 4.79 Å². The number of carbonyl (C=O) groups is 1. The first-order chi connectivity index (χ1) is 14.7. The molecule has 1 amide bonds. The highest BCUT2D eigenvalue weighted by Gasteiger charge is 2.49. The van der Waals surface area contributed by atoms with E-state index < -0.39 is 5.41 Å². The molecule has 1 saturated heterocycles. The van der Waals surface area contributed by atoms with Gasteiger partial charge in [-0.25, -0.2) is 0 Å². The van der Waals surface area contributed by atoms with Gasteiger partial charge in [-0.05, 0) is 63.0 Å². The number of primary amides is 1. The maximum Gasteiger partial charge on any atom is 0.232 e. The zero-order valence-corrected chi connectivity index (χ0v) is 18.4. The van der Waals surface area contributed by atoms with Crippen LogP contribution in [-0.4, -0.2) is 44.0 Å². The topological polar surface area (TPSA) is 58.4 Å². The Kier molecular flexibility index (Phi) is 8.47. The van der Waals surface area contributed by atoms with Crippen molar-refractivity contribution in [1.29, 1.82) is 0 Å². The van der Waals surface area contributed by atoms with Crippen molar-refractivity contribution in [2.75, 3.05) is 33.2 Å². The normalized spacial score (nSPS) is 17.3. The molecule has 0 bridgehead atoms. The third-order valence-corrected chi connectivity index (χ3v) is 6.63. The fourth-order valence-electron chi connectivity index (χ4n) is 5.08. The van der Waals surface area contributed by atoms with Crippen molar-refractivity contribution in [3.05, 3.63) is 71.8 Å². The van der Waals surface area contributed by atoms with Gasteiger partial charge in [0.05, 0.1) is 0 Å². The van der Waals surface area contributed by atoms with E-state index in [1.165, 1.54) is 32.1 Å². The minimum absolute atomic E-state index is 0.190. The molecule has 4 nitrogen and oxygen atoms in total. The van der Waals surface area contributed by atoms with Gasteiger partial charge in [0.15, 0.2) is 0 Å². The zero-order chi connectivity index (χ0) is 21.2. The Morgan fingerprint density at radius 2 is 1.53 bits per heavy atom. The van der Waals surface area contributed by atoms with Crippen molar-refractivity contribution in [2.45, 2.75) is 43.9 Å². The quantitative estimate of drug-likeness (QED) is 0.524. The van der Waals surface area contributed by atoms with Crippen LogP contribution in [-0.2, 0) is 10.2 Å². The van der Waals surface area contributed by atoms with Crippen molar-refractivity contribution in [1.82, 2.24) is 10.2 Å². The van der Waals surface area contributed by atoms with E-state index in [0.717, 1.165) is 43.7 Å². The second-order valence-corrected chi connectivity index (χ2v) is 8.56. The summed E-state index contributed by atoms with van der Waals surface area (Å²) in [6.45, 7) is 4.19. The maximum atomic E-state index is 13.1. The van der Waals surface area contributed by atoms with Gasteiger partial charge in [-0.15, -0.1) is 0 Å². The summed E-state index contributed by atoms with van der Waals surface area (Å²) in [5.41, 5.74) is 7.43. The third kappa shape index (κ3) is 5.11. The second-order valence-electron chi connectivity index (χ2n) is 8.56. The van der Waals surface area contributed by atoms with Crippen LogP contribution in [0.3, 0.4) is 0 Å². The average Bonchev–Trinajstić information content (AvgIpc) is 3.24. The lowest BCUT2D eigenvalue weighted by Gasteiger charge is -2.37. The molecule has 162 valence electrons. The van der Waals surface area contributed by atoms with Crippen molar-refractivity contribution >= 4 is 5.91 Å².